The Kier molecular flexibility index (Phi) is 5.52. The highest BCUT2D eigenvalue weighted by Crippen LogP contribution is 2.39. The van der Waals surface area contributed by atoms with Crippen LogP contribution in [0, 0.1) is 6.92 Å². The number of aromatic hydroxyl groups is 1. The standard InChI is InChI=1S/C18H25BO4S/c1-12-7-14(10-16(21)8-12)9-15(11-24-13(2)20)19-22-17(3,4)18(5,6)23-19/h7-10,21H,11H2,1-6H3. The van der Waals surface area contributed by atoms with Gasteiger partial charge in [0.05, 0.1) is 11.2 Å². The lowest BCUT2D eigenvalue weighted by molar-refractivity contribution is -0.109. The molecule has 24 heavy (non-hydrogen) atoms. The van der Waals surface area contributed by atoms with E-state index in [0.717, 1.165) is 16.6 Å². The number of phenolic OH excluding ortho intramolecular Hbond substituents is 1. The molecule has 1 fully saturated rings. The second kappa shape index (κ2) is 6.94. The minimum absolute atomic E-state index is 0.0458. The molecule has 4 nitrogen and oxygen atoms in total. The van der Waals surface area contributed by atoms with Crippen LogP contribution in [0.1, 0.15) is 45.7 Å². The fraction of sp³-hybridized carbons (Fsp3) is 0.500. The Labute approximate surface area is 148 Å². The first-order chi connectivity index (χ1) is 11.0. The summed E-state index contributed by atoms with van der Waals surface area (Å²) in [6, 6.07) is 5.37. The number of rotatable bonds is 4. The average Bonchev–Trinajstić information content (AvgIpc) is 2.62. The third-order valence-electron chi connectivity index (χ3n) is 4.43. The summed E-state index contributed by atoms with van der Waals surface area (Å²) in [6.45, 7) is 11.5. The third-order valence-corrected chi connectivity index (χ3v) is 5.32. The molecule has 130 valence electrons. The molecule has 1 aromatic carbocycles. The van der Waals surface area contributed by atoms with Crippen molar-refractivity contribution in [3.8, 4) is 5.75 Å². The van der Waals surface area contributed by atoms with E-state index in [9.17, 15) is 9.90 Å². The molecule has 1 heterocycles. The first kappa shape index (κ1) is 19.1. The largest absolute Gasteiger partial charge is 0.508 e. The molecule has 0 aliphatic carbocycles. The highest BCUT2D eigenvalue weighted by Gasteiger charge is 2.52. The van der Waals surface area contributed by atoms with Gasteiger partial charge in [-0.15, -0.1) is 0 Å². The van der Waals surface area contributed by atoms with Crippen molar-refractivity contribution in [3.63, 3.8) is 0 Å². The maximum absolute atomic E-state index is 11.4. The second-order valence-corrected chi connectivity index (χ2v) is 8.34. The Bertz CT molecular complexity index is 631. The Morgan fingerprint density at radius 2 is 1.79 bits per heavy atom. The number of carbonyl (C=O) groups excluding carboxylic acids is 1. The van der Waals surface area contributed by atoms with Gasteiger partial charge in [0.25, 0.3) is 0 Å². The van der Waals surface area contributed by atoms with Crippen LogP contribution >= 0.6 is 11.8 Å². The van der Waals surface area contributed by atoms with E-state index in [4.69, 9.17) is 9.31 Å². The van der Waals surface area contributed by atoms with E-state index in [1.54, 1.807) is 19.1 Å². The first-order valence-corrected chi connectivity index (χ1v) is 8.99. The zero-order chi connectivity index (χ0) is 18.1. The van der Waals surface area contributed by atoms with Gasteiger partial charge in [0, 0.05) is 12.7 Å². The monoisotopic (exact) mass is 348 g/mol. The summed E-state index contributed by atoms with van der Waals surface area (Å²) in [5, 5.41) is 9.85. The van der Waals surface area contributed by atoms with Crippen molar-refractivity contribution in [2.24, 2.45) is 0 Å². The fourth-order valence-corrected chi connectivity index (χ4v) is 3.04. The van der Waals surface area contributed by atoms with E-state index in [2.05, 4.69) is 0 Å². The van der Waals surface area contributed by atoms with Crippen molar-refractivity contribution in [1.82, 2.24) is 0 Å². The van der Waals surface area contributed by atoms with Crippen LogP contribution in [-0.4, -0.2) is 34.3 Å². The molecule has 6 heteroatoms. The molecule has 0 amide bonds. The normalized spacial score (nSPS) is 19.6. The molecule has 0 atom stereocenters. The van der Waals surface area contributed by atoms with Crippen molar-refractivity contribution < 1.29 is 19.2 Å². The number of hydrogen-bond donors (Lipinski definition) is 1. The summed E-state index contributed by atoms with van der Waals surface area (Å²) in [5.74, 6) is 0.703. The molecule has 1 aliphatic rings. The Morgan fingerprint density at radius 3 is 2.29 bits per heavy atom. The van der Waals surface area contributed by atoms with E-state index in [0.29, 0.717) is 5.75 Å². The number of thioether (sulfide) groups is 1. The Balaban J connectivity index is 2.35. The number of benzene rings is 1. The van der Waals surface area contributed by atoms with Gasteiger partial charge in [-0.2, -0.15) is 0 Å². The van der Waals surface area contributed by atoms with Gasteiger partial charge < -0.3 is 14.4 Å². The molecule has 0 aromatic heterocycles. The predicted octanol–water partition coefficient (Wildman–Crippen LogP) is 4.00. The van der Waals surface area contributed by atoms with E-state index in [1.807, 2.05) is 46.8 Å². The van der Waals surface area contributed by atoms with Crippen molar-refractivity contribution in [2.75, 3.05) is 5.75 Å². The number of hydrogen-bond acceptors (Lipinski definition) is 5. The van der Waals surface area contributed by atoms with Gasteiger partial charge in [0.2, 0.25) is 0 Å². The van der Waals surface area contributed by atoms with Gasteiger partial charge in [-0.1, -0.05) is 23.9 Å². The van der Waals surface area contributed by atoms with E-state index in [-0.39, 0.29) is 10.9 Å². The maximum atomic E-state index is 11.4. The minimum Gasteiger partial charge on any atom is -0.508 e. The number of aryl methyl sites for hydroxylation is 1. The lowest BCUT2D eigenvalue weighted by Gasteiger charge is -2.32. The lowest BCUT2D eigenvalue weighted by Crippen LogP contribution is -2.41. The third kappa shape index (κ3) is 4.44. The molecular weight excluding hydrogens is 323 g/mol. The van der Waals surface area contributed by atoms with Crippen molar-refractivity contribution in [2.45, 2.75) is 52.7 Å². The topological polar surface area (TPSA) is 55.8 Å². The van der Waals surface area contributed by atoms with Crippen LogP contribution in [0.25, 0.3) is 6.08 Å². The predicted molar refractivity (Wildman–Crippen MR) is 100 cm³/mol. The van der Waals surface area contributed by atoms with Crippen molar-refractivity contribution >= 4 is 30.1 Å². The quantitative estimate of drug-likeness (QED) is 0.834. The van der Waals surface area contributed by atoms with Gasteiger partial charge in [0.15, 0.2) is 5.12 Å². The van der Waals surface area contributed by atoms with Crippen LogP contribution in [0.3, 0.4) is 0 Å². The van der Waals surface area contributed by atoms with E-state index in [1.165, 1.54) is 11.8 Å². The van der Waals surface area contributed by atoms with Crippen molar-refractivity contribution in [3.05, 3.63) is 34.8 Å². The minimum atomic E-state index is -0.510. The van der Waals surface area contributed by atoms with Crippen LogP contribution in [-0.2, 0) is 14.1 Å². The highest BCUT2D eigenvalue weighted by molar-refractivity contribution is 8.13. The second-order valence-electron chi connectivity index (χ2n) is 7.19. The van der Waals surface area contributed by atoms with Gasteiger partial charge in [-0.3, -0.25) is 4.79 Å². The summed E-state index contributed by atoms with van der Waals surface area (Å²) in [4.78, 5) is 11.4. The first-order valence-electron chi connectivity index (χ1n) is 8.00. The van der Waals surface area contributed by atoms with Crippen LogP contribution < -0.4 is 0 Å². The van der Waals surface area contributed by atoms with Gasteiger partial charge in [-0.05, 0) is 63.4 Å². The molecule has 0 saturated carbocycles. The molecular formula is C18H25BO4S. The highest BCUT2D eigenvalue weighted by atomic mass is 32.2. The molecule has 0 unspecified atom stereocenters. The summed E-state index contributed by atoms with van der Waals surface area (Å²) >= 11 is 1.22. The summed E-state index contributed by atoms with van der Waals surface area (Å²) in [7, 11) is -0.510. The Hall–Kier alpha value is -1.24. The van der Waals surface area contributed by atoms with Crippen LogP contribution in [0.5, 0.6) is 5.75 Å². The molecule has 1 saturated heterocycles. The van der Waals surface area contributed by atoms with E-state index >= 15 is 0 Å². The maximum Gasteiger partial charge on any atom is 0.491 e. The smallest absolute Gasteiger partial charge is 0.491 e. The van der Waals surface area contributed by atoms with Crippen LogP contribution in [0.4, 0.5) is 0 Å². The zero-order valence-electron chi connectivity index (χ0n) is 15.2. The molecule has 1 aliphatic heterocycles. The van der Waals surface area contributed by atoms with Gasteiger partial charge in [-0.25, -0.2) is 0 Å². The molecule has 0 spiro atoms. The summed E-state index contributed by atoms with van der Waals surface area (Å²) < 4.78 is 12.2. The summed E-state index contributed by atoms with van der Waals surface area (Å²) in [6.07, 6.45) is 1.94. The van der Waals surface area contributed by atoms with E-state index < -0.39 is 18.3 Å². The Morgan fingerprint density at radius 1 is 1.21 bits per heavy atom. The molecule has 0 bridgehead atoms. The fourth-order valence-electron chi connectivity index (χ4n) is 2.45. The van der Waals surface area contributed by atoms with Crippen molar-refractivity contribution in [1.29, 1.82) is 0 Å². The summed E-state index contributed by atoms with van der Waals surface area (Å²) in [5.41, 5.74) is 1.83. The van der Waals surface area contributed by atoms with Crippen LogP contribution in [0.15, 0.2) is 23.7 Å². The lowest BCUT2D eigenvalue weighted by atomic mass is 9.78. The molecule has 2 rings (SSSR count). The number of carbonyl (C=O) groups is 1. The SMILES string of the molecule is CC(=O)SCC(=Cc1cc(C)cc(O)c1)B1OC(C)(C)C(C)(C)O1. The zero-order valence-corrected chi connectivity index (χ0v) is 16.0. The number of phenols is 1. The van der Waals surface area contributed by atoms with Crippen LogP contribution in [0.2, 0.25) is 0 Å². The van der Waals surface area contributed by atoms with Gasteiger partial charge in [0.1, 0.15) is 5.75 Å². The van der Waals surface area contributed by atoms with Gasteiger partial charge >= 0.3 is 7.12 Å². The average molecular weight is 348 g/mol. The molecule has 1 aromatic rings. The molecule has 0 radical (unpaired) electrons. The molecule has 1 N–H and O–H groups in total.